The van der Waals surface area contributed by atoms with Gasteiger partial charge in [0.25, 0.3) is 5.91 Å². The van der Waals surface area contributed by atoms with Gasteiger partial charge in [0.15, 0.2) is 16.7 Å². The van der Waals surface area contributed by atoms with Crippen molar-refractivity contribution in [2.75, 3.05) is 20.8 Å². The summed E-state index contributed by atoms with van der Waals surface area (Å²) < 4.78 is 12.8. The third-order valence-electron chi connectivity index (χ3n) is 6.93. The van der Waals surface area contributed by atoms with Crippen LogP contribution in [0.25, 0.3) is 27.6 Å². The van der Waals surface area contributed by atoms with Crippen molar-refractivity contribution in [1.29, 1.82) is 0 Å². The molecular formula is C32H27ClN4O3S. The van der Waals surface area contributed by atoms with Crippen LogP contribution in [0, 0.1) is 0 Å². The highest BCUT2D eigenvalue weighted by molar-refractivity contribution is 7.98. The van der Waals surface area contributed by atoms with Crippen LogP contribution >= 0.6 is 23.4 Å². The number of ether oxygens (including phenoxy) is 2. The van der Waals surface area contributed by atoms with Gasteiger partial charge in [0.2, 0.25) is 0 Å². The van der Waals surface area contributed by atoms with Gasteiger partial charge in [-0.15, -0.1) is 0 Å². The molecule has 0 saturated carbocycles. The summed E-state index contributed by atoms with van der Waals surface area (Å²) in [6.45, 7) is 0.476. The van der Waals surface area contributed by atoms with Crippen LogP contribution in [0.5, 0.6) is 11.5 Å². The molecule has 0 aliphatic rings. The number of para-hydroxylation sites is 2. The highest BCUT2D eigenvalue weighted by Gasteiger charge is 2.17. The zero-order chi connectivity index (χ0) is 28.3. The summed E-state index contributed by atoms with van der Waals surface area (Å²) in [6, 6.07) is 27.2. The number of aromatic nitrogens is 3. The third kappa shape index (κ3) is 5.40. The van der Waals surface area contributed by atoms with E-state index in [1.807, 2.05) is 84.9 Å². The molecule has 0 fully saturated rings. The smallest absolute Gasteiger partial charge is 0.251 e. The second-order valence-corrected chi connectivity index (χ2v) is 10.8. The first kappa shape index (κ1) is 26.9. The maximum atomic E-state index is 13.1. The predicted molar refractivity (Wildman–Crippen MR) is 165 cm³/mol. The van der Waals surface area contributed by atoms with Crippen LogP contribution in [0.3, 0.4) is 0 Å². The lowest BCUT2D eigenvalue weighted by Gasteiger charge is -2.11. The Morgan fingerprint density at radius 3 is 2.54 bits per heavy atom. The second kappa shape index (κ2) is 11.7. The number of hydrogen-bond acceptors (Lipinski definition) is 6. The van der Waals surface area contributed by atoms with Crippen molar-refractivity contribution in [2.24, 2.45) is 0 Å². The molecular weight excluding hydrogens is 556 g/mol. The van der Waals surface area contributed by atoms with Gasteiger partial charge < -0.3 is 14.8 Å². The monoisotopic (exact) mass is 582 g/mol. The number of amides is 1. The molecule has 4 aromatic carbocycles. The fourth-order valence-corrected chi connectivity index (χ4v) is 6.12. The van der Waals surface area contributed by atoms with Crippen LogP contribution in [-0.4, -0.2) is 41.0 Å². The number of fused-ring (bicyclic) bond motifs is 5. The molecule has 1 amide bonds. The second-order valence-electron chi connectivity index (χ2n) is 9.46. The highest BCUT2D eigenvalue weighted by atomic mass is 35.5. The first-order valence-corrected chi connectivity index (χ1v) is 14.5. The minimum absolute atomic E-state index is 0.159. The Bertz CT molecular complexity index is 1910. The molecule has 206 valence electrons. The normalized spacial score (nSPS) is 11.3. The molecule has 2 aromatic heterocycles. The standard InChI is InChI=1S/C32H27ClN4O3S/c1-39-28-14-11-20(17-29(28)40-2)15-16-34-31(38)21-12-13-23-26(18-21)36-32(41-19-22-7-3-4-8-24(22)33)37-27-10-6-5-9-25(27)35-30(23)37/h3-14,17-18H,15-16,19H2,1-2H3,(H,34,38). The molecule has 0 atom stereocenters. The molecule has 0 aliphatic heterocycles. The lowest BCUT2D eigenvalue weighted by molar-refractivity contribution is 0.0954. The number of rotatable bonds is 9. The van der Waals surface area contributed by atoms with Crippen molar-refractivity contribution < 1.29 is 14.3 Å². The molecule has 6 aromatic rings. The number of imidazole rings is 1. The van der Waals surface area contributed by atoms with Crippen LogP contribution in [0.2, 0.25) is 5.02 Å². The van der Waals surface area contributed by atoms with Gasteiger partial charge in [-0.25, -0.2) is 9.97 Å². The van der Waals surface area contributed by atoms with Gasteiger partial charge in [-0.05, 0) is 66.1 Å². The fourth-order valence-electron chi connectivity index (χ4n) is 4.82. The molecule has 0 spiro atoms. The van der Waals surface area contributed by atoms with Crippen LogP contribution < -0.4 is 14.8 Å². The van der Waals surface area contributed by atoms with E-state index in [1.165, 1.54) is 0 Å². The van der Waals surface area contributed by atoms with Crippen molar-refractivity contribution in [3.8, 4) is 11.5 Å². The maximum absolute atomic E-state index is 13.1. The Labute approximate surface area is 246 Å². The number of carbonyl (C=O) groups is 1. The van der Waals surface area contributed by atoms with Gasteiger partial charge in [-0.3, -0.25) is 9.20 Å². The van der Waals surface area contributed by atoms with Gasteiger partial charge >= 0.3 is 0 Å². The SMILES string of the molecule is COc1ccc(CCNC(=O)c2ccc3c(c2)nc(SCc2ccccc2Cl)n2c4ccccc4nc32)cc1OC. The van der Waals surface area contributed by atoms with E-state index in [1.54, 1.807) is 26.0 Å². The van der Waals surface area contributed by atoms with E-state index in [9.17, 15) is 4.79 Å². The van der Waals surface area contributed by atoms with E-state index in [-0.39, 0.29) is 5.91 Å². The summed E-state index contributed by atoms with van der Waals surface area (Å²) in [7, 11) is 3.22. The van der Waals surface area contributed by atoms with Crippen molar-refractivity contribution in [1.82, 2.24) is 19.7 Å². The van der Waals surface area contributed by atoms with Crippen LogP contribution in [0.15, 0.2) is 90.1 Å². The fraction of sp³-hybridized carbons (Fsp3) is 0.156. The van der Waals surface area contributed by atoms with E-state index in [0.717, 1.165) is 43.4 Å². The maximum Gasteiger partial charge on any atom is 0.251 e. The van der Waals surface area contributed by atoms with Crippen LogP contribution in [0.4, 0.5) is 0 Å². The lowest BCUT2D eigenvalue weighted by Crippen LogP contribution is -2.25. The van der Waals surface area contributed by atoms with Gasteiger partial charge in [-0.1, -0.05) is 59.8 Å². The molecule has 0 aliphatic carbocycles. The molecule has 0 bridgehead atoms. The number of nitrogens with zero attached hydrogens (tertiary/aromatic N) is 3. The van der Waals surface area contributed by atoms with Gasteiger partial charge in [0.1, 0.15) is 5.65 Å². The molecule has 7 nitrogen and oxygen atoms in total. The number of halogens is 1. The molecule has 0 radical (unpaired) electrons. The summed E-state index contributed by atoms with van der Waals surface area (Å²) in [6.07, 6.45) is 0.655. The number of hydrogen-bond donors (Lipinski definition) is 1. The third-order valence-corrected chi connectivity index (χ3v) is 8.29. The summed E-state index contributed by atoms with van der Waals surface area (Å²) in [5, 5.41) is 5.41. The zero-order valence-corrected chi connectivity index (χ0v) is 24.1. The quantitative estimate of drug-likeness (QED) is 0.146. The largest absolute Gasteiger partial charge is 0.493 e. The average molecular weight is 583 g/mol. The molecule has 9 heteroatoms. The highest BCUT2D eigenvalue weighted by Crippen LogP contribution is 2.32. The number of benzene rings is 4. The van der Waals surface area contributed by atoms with Gasteiger partial charge in [0.05, 0.1) is 30.8 Å². The average Bonchev–Trinajstić information content (AvgIpc) is 3.40. The van der Waals surface area contributed by atoms with Crippen molar-refractivity contribution in [3.05, 3.63) is 107 Å². The first-order chi connectivity index (χ1) is 20.1. The topological polar surface area (TPSA) is 77.8 Å². The van der Waals surface area contributed by atoms with E-state index in [4.69, 9.17) is 31.0 Å². The Kier molecular flexibility index (Phi) is 7.67. The minimum atomic E-state index is -0.159. The van der Waals surface area contributed by atoms with Gasteiger partial charge in [0, 0.05) is 28.3 Å². The van der Waals surface area contributed by atoms with Crippen molar-refractivity contribution >= 4 is 56.9 Å². The number of nitrogens with one attached hydrogen (secondary N) is 1. The Hall–Kier alpha value is -4.27. The Balaban J connectivity index is 1.29. The van der Waals surface area contributed by atoms with E-state index in [0.29, 0.717) is 41.3 Å². The number of thioether (sulfide) groups is 1. The molecule has 41 heavy (non-hydrogen) atoms. The zero-order valence-electron chi connectivity index (χ0n) is 22.6. The summed E-state index contributed by atoms with van der Waals surface area (Å²) >= 11 is 8.02. The molecule has 6 rings (SSSR count). The van der Waals surface area contributed by atoms with Crippen LogP contribution in [0.1, 0.15) is 21.5 Å². The molecule has 1 N–H and O–H groups in total. The van der Waals surface area contributed by atoms with Gasteiger partial charge in [-0.2, -0.15) is 0 Å². The Morgan fingerprint density at radius 1 is 0.902 bits per heavy atom. The lowest BCUT2D eigenvalue weighted by atomic mass is 10.1. The molecule has 0 unspecified atom stereocenters. The van der Waals surface area contributed by atoms with E-state index in [2.05, 4.69) is 9.72 Å². The number of methoxy groups -OCH3 is 2. The minimum Gasteiger partial charge on any atom is -0.493 e. The summed E-state index contributed by atoms with van der Waals surface area (Å²) in [5.74, 6) is 1.83. The summed E-state index contributed by atoms with van der Waals surface area (Å²) in [4.78, 5) is 23.1. The first-order valence-electron chi connectivity index (χ1n) is 13.1. The Morgan fingerprint density at radius 2 is 1.71 bits per heavy atom. The van der Waals surface area contributed by atoms with E-state index < -0.39 is 0 Å². The molecule has 2 heterocycles. The van der Waals surface area contributed by atoms with Crippen molar-refractivity contribution in [3.63, 3.8) is 0 Å². The van der Waals surface area contributed by atoms with Crippen molar-refractivity contribution in [2.45, 2.75) is 17.3 Å². The van der Waals surface area contributed by atoms with E-state index >= 15 is 0 Å². The number of carbonyl (C=O) groups excluding carboxylic acids is 1. The summed E-state index contributed by atoms with van der Waals surface area (Å²) in [5.41, 5.74) is 5.99. The van der Waals surface area contributed by atoms with Crippen LogP contribution in [-0.2, 0) is 12.2 Å². The molecule has 0 saturated heterocycles. The predicted octanol–water partition coefficient (Wildman–Crippen LogP) is 6.97.